The van der Waals surface area contributed by atoms with Gasteiger partial charge in [-0.15, -0.1) is 0 Å². The van der Waals surface area contributed by atoms with E-state index < -0.39 is 17.3 Å². The minimum Gasteiger partial charge on any atom is -0.298 e. The summed E-state index contributed by atoms with van der Waals surface area (Å²) in [6, 6.07) is 1.38. The Morgan fingerprint density at radius 3 is 2.00 bits per heavy atom. The van der Waals surface area contributed by atoms with Crippen molar-refractivity contribution in [1.82, 2.24) is 0 Å². The summed E-state index contributed by atoms with van der Waals surface area (Å²) < 4.78 is 37.0. The number of halogens is 4. The predicted octanol–water partition coefficient (Wildman–Crippen LogP) is 2.98. The highest BCUT2D eigenvalue weighted by Gasteiger charge is 2.34. The summed E-state index contributed by atoms with van der Waals surface area (Å²) in [4.78, 5) is 20.8. The molecule has 80 valence electrons. The van der Waals surface area contributed by atoms with Crippen LogP contribution in [0.5, 0.6) is 0 Å². The van der Waals surface area contributed by atoms with Crippen LogP contribution < -0.4 is 0 Å². The van der Waals surface area contributed by atoms with Crippen LogP contribution in [0.3, 0.4) is 0 Å². The van der Waals surface area contributed by atoms with Crippen LogP contribution in [0.15, 0.2) is 12.1 Å². The third kappa shape index (κ3) is 2.36. The normalized spacial score (nSPS) is 11.2. The van der Waals surface area contributed by atoms with E-state index in [1.807, 2.05) is 0 Å². The van der Waals surface area contributed by atoms with Gasteiger partial charge in [0.2, 0.25) is 0 Å². The lowest BCUT2D eigenvalue weighted by atomic mass is 10.0. The zero-order chi connectivity index (χ0) is 11.6. The third-order valence-electron chi connectivity index (χ3n) is 1.73. The fourth-order valence-electron chi connectivity index (χ4n) is 1.04. The van der Waals surface area contributed by atoms with Crippen LogP contribution >= 0.6 is 11.6 Å². The largest absolute Gasteiger partial charge is 0.417 e. The Bertz CT molecular complexity index is 413. The van der Waals surface area contributed by atoms with E-state index in [2.05, 4.69) is 0 Å². The lowest BCUT2D eigenvalue weighted by molar-refractivity contribution is -0.137. The second-order valence-electron chi connectivity index (χ2n) is 2.69. The highest BCUT2D eigenvalue weighted by atomic mass is 35.5. The summed E-state index contributed by atoms with van der Waals surface area (Å²) in [7, 11) is 0. The summed E-state index contributed by atoms with van der Waals surface area (Å²) in [5.74, 6) is 0. The molecule has 0 saturated carbocycles. The molecule has 0 bridgehead atoms. The standard InChI is InChI=1S/C9H4ClF3O2/c10-8-2-7(9(11,12)13)5(3-14)1-6(8)4-15/h1-4H. The Hall–Kier alpha value is -1.36. The van der Waals surface area contributed by atoms with E-state index in [1.165, 1.54) is 0 Å². The van der Waals surface area contributed by atoms with Crippen molar-refractivity contribution in [3.63, 3.8) is 0 Å². The lowest BCUT2D eigenvalue weighted by Gasteiger charge is -2.10. The number of hydrogen-bond donors (Lipinski definition) is 0. The van der Waals surface area contributed by atoms with Crippen LogP contribution in [0.4, 0.5) is 13.2 Å². The molecule has 2 nitrogen and oxygen atoms in total. The average Bonchev–Trinajstić information content (AvgIpc) is 2.16. The van der Waals surface area contributed by atoms with Gasteiger partial charge < -0.3 is 0 Å². The van der Waals surface area contributed by atoms with Gasteiger partial charge in [-0.2, -0.15) is 13.2 Å². The topological polar surface area (TPSA) is 34.1 Å². The van der Waals surface area contributed by atoms with Crippen LogP contribution in [0.2, 0.25) is 5.02 Å². The van der Waals surface area contributed by atoms with E-state index in [0.29, 0.717) is 6.07 Å². The van der Waals surface area contributed by atoms with E-state index in [9.17, 15) is 22.8 Å². The molecule has 0 amide bonds. The van der Waals surface area contributed by atoms with Crippen molar-refractivity contribution in [2.75, 3.05) is 0 Å². The summed E-state index contributed by atoms with van der Waals surface area (Å²) in [5.41, 5.74) is -1.89. The van der Waals surface area contributed by atoms with Crippen molar-refractivity contribution in [2.24, 2.45) is 0 Å². The minimum atomic E-state index is -4.67. The lowest BCUT2D eigenvalue weighted by Crippen LogP contribution is -2.09. The van der Waals surface area contributed by atoms with Gasteiger partial charge in [0.1, 0.15) is 0 Å². The van der Waals surface area contributed by atoms with Gasteiger partial charge in [-0.25, -0.2) is 0 Å². The number of carbonyl (C=O) groups is 2. The molecule has 15 heavy (non-hydrogen) atoms. The highest BCUT2D eigenvalue weighted by molar-refractivity contribution is 6.33. The van der Waals surface area contributed by atoms with Crippen LogP contribution in [-0.2, 0) is 6.18 Å². The number of carbonyl (C=O) groups excluding carboxylic acids is 2. The molecule has 0 aliphatic carbocycles. The first-order chi connectivity index (χ1) is 6.90. The van der Waals surface area contributed by atoms with Crippen molar-refractivity contribution >= 4 is 24.2 Å². The summed E-state index contributed by atoms with van der Waals surface area (Å²) >= 11 is 5.42. The van der Waals surface area contributed by atoms with Crippen LogP contribution in [-0.4, -0.2) is 12.6 Å². The molecule has 6 heteroatoms. The van der Waals surface area contributed by atoms with Gasteiger partial charge in [0.15, 0.2) is 12.6 Å². The van der Waals surface area contributed by atoms with Gasteiger partial charge in [-0.3, -0.25) is 9.59 Å². The molecule has 0 unspecified atom stereocenters. The fraction of sp³-hybridized carbons (Fsp3) is 0.111. The summed E-state index contributed by atoms with van der Waals surface area (Å²) in [5, 5.41) is -0.331. The maximum atomic E-state index is 12.3. The van der Waals surface area contributed by atoms with Crippen LogP contribution in [0.1, 0.15) is 26.3 Å². The van der Waals surface area contributed by atoms with Crippen molar-refractivity contribution in [1.29, 1.82) is 0 Å². The first kappa shape index (κ1) is 11.7. The smallest absolute Gasteiger partial charge is 0.298 e. The molecule has 0 aliphatic heterocycles. The quantitative estimate of drug-likeness (QED) is 0.740. The first-order valence-corrected chi connectivity index (χ1v) is 4.09. The van der Waals surface area contributed by atoms with Gasteiger partial charge in [0, 0.05) is 11.1 Å². The second kappa shape index (κ2) is 4.02. The Morgan fingerprint density at radius 1 is 1.07 bits per heavy atom. The minimum absolute atomic E-state index is 0.0339. The van der Waals surface area contributed by atoms with Gasteiger partial charge in [-0.1, -0.05) is 11.6 Å². The maximum absolute atomic E-state index is 12.3. The molecule has 0 aromatic heterocycles. The monoisotopic (exact) mass is 236 g/mol. The average molecular weight is 237 g/mol. The van der Waals surface area contributed by atoms with Crippen molar-refractivity contribution in [3.8, 4) is 0 Å². The van der Waals surface area contributed by atoms with Crippen molar-refractivity contribution < 1.29 is 22.8 Å². The van der Waals surface area contributed by atoms with E-state index in [4.69, 9.17) is 11.6 Å². The summed E-state index contributed by atoms with van der Waals surface area (Å²) in [6.07, 6.45) is -4.34. The molecule has 0 spiro atoms. The van der Waals surface area contributed by atoms with Gasteiger partial charge in [0.05, 0.1) is 10.6 Å². The molecule has 0 fully saturated rings. The molecule has 0 saturated heterocycles. The fourth-order valence-corrected chi connectivity index (χ4v) is 1.25. The van der Waals surface area contributed by atoms with Crippen LogP contribution in [0.25, 0.3) is 0 Å². The van der Waals surface area contributed by atoms with E-state index >= 15 is 0 Å². The highest BCUT2D eigenvalue weighted by Crippen LogP contribution is 2.34. The third-order valence-corrected chi connectivity index (χ3v) is 2.06. The second-order valence-corrected chi connectivity index (χ2v) is 3.10. The van der Waals surface area contributed by atoms with Gasteiger partial charge in [0.25, 0.3) is 0 Å². The van der Waals surface area contributed by atoms with E-state index in [1.54, 1.807) is 0 Å². The number of aldehydes is 2. The first-order valence-electron chi connectivity index (χ1n) is 3.71. The maximum Gasteiger partial charge on any atom is 0.417 e. The number of benzene rings is 1. The van der Waals surface area contributed by atoms with Crippen molar-refractivity contribution in [2.45, 2.75) is 6.18 Å². The zero-order valence-corrected chi connectivity index (χ0v) is 7.89. The van der Waals surface area contributed by atoms with Crippen molar-refractivity contribution in [3.05, 3.63) is 33.8 Å². The molecule has 0 aliphatic rings. The molecule has 0 heterocycles. The summed E-state index contributed by atoms with van der Waals surface area (Å²) in [6.45, 7) is 0. The Morgan fingerprint density at radius 2 is 1.60 bits per heavy atom. The number of rotatable bonds is 2. The number of alkyl halides is 3. The molecule has 0 N–H and O–H groups in total. The SMILES string of the molecule is O=Cc1cc(C=O)c(C(F)(F)F)cc1Cl. The van der Waals surface area contributed by atoms with Crippen LogP contribution in [0, 0.1) is 0 Å². The number of hydrogen-bond acceptors (Lipinski definition) is 2. The Kier molecular flexibility index (Phi) is 3.14. The van der Waals surface area contributed by atoms with E-state index in [0.717, 1.165) is 6.07 Å². The molecule has 1 aromatic carbocycles. The Balaban J connectivity index is 3.47. The van der Waals surface area contributed by atoms with E-state index in [-0.39, 0.29) is 23.2 Å². The van der Waals surface area contributed by atoms with Gasteiger partial charge in [-0.05, 0) is 12.1 Å². The Labute approximate surface area is 87.6 Å². The van der Waals surface area contributed by atoms with Gasteiger partial charge >= 0.3 is 6.18 Å². The molecular formula is C9H4ClF3O2. The molecule has 0 atom stereocenters. The molecule has 1 rings (SSSR count). The molecular weight excluding hydrogens is 233 g/mol. The molecule has 0 radical (unpaired) electrons. The molecule has 1 aromatic rings. The zero-order valence-electron chi connectivity index (χ0n) is 7.14. The predicted molar refractivity (Wildman–Crippen MR) is 47.2 cm³/mol.